The fourth-order valence-electron chi connectivity index (χ4n) is 3.80. The molecule has 1 saturated carbocycles. The van der Waals surface area contributed by atoms with Crippen LogP contribution in [0.1, 0.15) is 32.6 Å². The molecule has 0 radical (unpaired) electrons. The molecule has 2 aromatic rings. The van der Waals surface area contributed by atoms with Gasteiger partial charge in [-0.1, -0.05) is 12.1 Å². The molecule has 0 unspecified atom stereocenters. The molecule has 1 heterocycles. The number of nitrogens with zero attached hydrogens (tertiary/aromatic N) is 1. The van der Waals surface area contributed by atoms with E-state index in [1.807, 2.05) is 12.1 Å². The summed E-state index contributed by atoms with van der Waals surface area (Å²) in [5.41, 5.74) is 1.06. The Balaban J connectivity index is 1.45. The van der Waals surface area contributed by atoms with Gasteiger partial charge in [0, 0.05) is 5.69 Å². The molecule has 8 heteroatoms. The second-order valence-corrected chi connectivity index (χ2v) is 9.73. The van der Waals surface area contributed by atoms with E-state index < -0.39 is 22.0 Å². The summed E-state index contributed by atoms with van der Waals surface area (Å²) < 4.78 is 38.1. The number of carbonyl (C=O) groups excluding carboxylic acids is 1. The quantitative estimate of drug-likeness (QED) is 0.757. The van der Waals surface area contributed by atoms with E-state index in [1.165, 1.54) is 17.1 Å². The molecule has 0 aromatic heterocycles. The zero-order chi connectivity index (χ0) is 21.1. The fraction of sp³-hybridized carbons (Fsp3) is 0.409. The SMILES string of the molecule is CCS(=O)(=O)N1C[C@@H](C(=O)Nc2ccc(OC3CCCC3)cc2)Oc2ccccc21. The van der Waals surface area contributed by atoms with E-state index in [0.29, 0.717) is 17.1 Å². The molecule has 1 amide bonds. The number of hydrogen-bond donors (Lipinski definition) is 1. The van der Waals surface area contributed by atoms with Crippen LogP contribution in [0.5, 0.6) is 11.5 Å². The second kappa shape index (κ2) is 8.55. The fourth-order valence-corrected chi connectivity index (χ4v) is 4.92. The van der Waals surface area contributed by atoms with Gasteiger partial charge in [-0.25, -0.2) is 8.42 Å². The zero-order valence-electron chi connectivity index (χ0n) is 16.9. The topological polar surface area (TPSA) is 84.9 Å². The molecule has 0 spiro atoms. The van der Waals surface area contributed by atoms with Crippen LogP contribution < -0.4 is 19.1 Å². The van der Waals surface area contributed by atoms with E-state index in [4.69, 9.17) is 9.47 Å². The number of benzene rings is 2. The number of carbonyl (C=O) groups is 1. The van der Waals surface area contributed by atoms with E-state index in [1.54, 1.807) is 43.3 Å². The van der Waals surface area contributed by atoms with Gasteiger partial charge in [0.1, 0.15) is 11.5 Å². The van der Waals surface area contributed by atoms with Crippen molar-refractivity contribution in [1.82, 2.24) is 0 Å². The van der Waals surface area contributed by atoms with Crippen molar-refractivity contribution in [3.63, 3.8) is 0 Å². The highest BCUT2D eigenvalue weighted by Crippen LogP contribution is 2.35. The molecule has 30 heavy (non-hydrogen) atoms. The molecular formula is C22H26N2O5S. The number of nitrogens with one attached hydrogen (secondary N) is 1. The summed E-state index contributed by atoms with van der Waals surface area (Å²) in [5, 5.41) is 2.81. The Morgan fingerprint density at radius 2 is 1.83 bits per heavy atom. The maximum Gasteiger partial charge on any atom is 0.267 e. The van der Waals surface area contributed by atoms with Gasteiger partial charge in [0.15, 0.2) is 6.10 Å². The first kappa shape index (κ1) is 20.5. The highest BCUT2D eigenvalue weighted by atomic mass is 32.2. The van der Waals surface area contributed by atoms with Crippen LogP contribution in [0.2, 0.25) is 0 Å². The minimum absolute atomic E-state index is 0.0574. The van der Waals surface area contributed by atoms with E-state index >= 15 is 0 Å². The van der Waals surface area contributed by atoms with E-state index in [0.717, 1.165) is 18.6 Å². The standard InChI is InChI=1S/C22H26N2O5S/c1-2-30(26,27)24-15-21(29-20-10-6-5-9-19(20)24)22(25)23-16-11-13-18(14-12-16)28-17-7-3-4-8-17/h5-6,9-14,17,21H,2-4,7-8,15H2,1H3,(H,23,25)/t21-/m0/s1. The van der Waals surface area contributed by atoms with Crippen LogP contribution in [0.4, 0.5) is 11.4 Å². The summed E-state index contributed by atoms with van der Waals surface area (Å²) in [6, 6.07) is 14.1. The third-order valence-electron chi connectivity index (χ3n) is 5.45. The number of anilines is 2. The van der Waals surface area contributed by atoms with Crippen LogP contribution in [0.3, 0.4) is 0 Å². The number of sulfonamides is 1. The Labute approximate surface area is 177 Å². The molecule has 2 aliphatic rings. The molecule has 1 fully saturated rings. The summed E-state index contributed by atoms with van der Waals surface area (Å²) in [4.78, 5) is 12.8. The molecule has 1 aliphatic heterocycles. The van der Waals surface area contributed by atoms with Gasteiger partial charge in [-0.2, -0.15) is 0 Å². The smallest absolute Gasteiger partial charge is 0.267 e. The molecule has 1 atom stereocenters. The number of rotatable bonds is 6. The third-order valence-corrected chi connectivity index (χ3v) is 7.20. The number of fused-ring (bicyclic) bond motifs is 1. The maximum atomic E-state index is 12.8. The van der Waals surface area contributed by atoms with E-state index in [2.05, 4.69) is 5.32 Å². The Morgan fingerprint density at radius 3 is 2.53 bits per heavy atom. The van der Waals surface area contributed by atoms with Gasteiger partial charge in [-0.05, 0) is 69.0 Å². The molecule has 7 nitrogen and oxygen atoms in total. The zero-order valence-corrected chi connectivity index (χ0v) is 17.7. The Bertz CT molecular complexity index is 1000. The lowest BCUT2D eigenvalue weighted by Gasteiger charge is -2.34. The van der Waals surface area contributed by atoms with Crippen LogP contribution in [-0.2, 0) is 14.8 Å². The third kappa shape index (κ3) is 4.38. The predicted molar refractivity (Wildman–Crippen MR) is 116 cm³/mol. The minimum Gasteiger partial charge on any atom is -0.490 e. The van der Waals surface area contributed by atoms with Crippen LogP contribution in [0.15, 0.2) is 48.5 Å². The number of para-hydroxylation sites is 2. The normalized spacial score (nSPS) is 19.1. The summed E-state index contributed by atoms with van der Waals surface area (Å²) in [5.74, 6) is 0.701. The first-order valence-corrected chi connectivity index (χ1v) is 11.9. The first-order valence-electron chi connectivity index (χ1n) is 10.3. The summed E-state index contributed by atoms with van der Waals surface area (Å²) in [7, 11) is -3.53. The average molecular weight is 431 g/mol. The Hall–Kier alpha value is -2.74. The summed E-state index contributed by atoms with van der Waals surface area (Å²) in [6.45, 7) is 1.51. The van der Waals surface area contributed by atoms with Gasteiger partial charge in [0.25, 0.3) is 5.91 Å². The largest absolute Gasteiger partial charge is 0.490 e. The molecule has 4 rings (SSSR count). The van der Waals surface area contributed by atoms with Gasteiger partial charge in [-0.15, -0.1) is 0 Å². The molecule has 160 valence electrons. The number of ether oxygens (including phenoxy) is 2. The molecular weight excluding hydrogens is 404 g/mol. The van der Waals surface area contributed by atoms with Gasteiger partial charge >= 0.3 is 0 Å². The molecule has 2 aromatic carbocycles. The summed E-state index contributed by atoms with van der Waals surface area (Å²) in [6.07, 6.45) is 3.89. The van der Waals surface area contributed by atoms with Crippen LogP contribution in [0.25, 0.3) is 0 Å². The van der Waals surface area contributed by atoms with Gasteiger partial charge in [-0.3, -0.25) is 9.10 Å². The maximum absolute atomic E-state index is 12.8. The lowest BCUT2D eigenvalue weighted by molar-refractivity contribution is -0.122. The Morgan fingerprint density at radius 1 is 1.13 bits per heavy atom. The highest BCUT2D eigenvalue weighted by Gasteiger charge is 2.35. The van der Waals surface area contributed by atoms with Crippen molar-refractivity contribution in [2.75, 3.05) is 21.9 Å². The van der Waals surface area contributed by atoms with Gasteiger partial charge < -0.3 is 14.8 Å². The van der Waals surface area contributed by atoms with Crippen molar-refractivity contribution in [1.29, 1.82) is 0 Å². The van der Waals surface area contributed by atoms with Crippen molar-refractivity contribution in [3.8, 4) is 11.5 Å². The minimum atomic E-state index is -3.53. The van der Waals surface area contributed by atoms with E-state index in [-0.39, 0.29) is 18.4 Å². The second-order valence-electron chi connectivity index (χ2n) is 7.54. The van der Waals surface area contributed by atoms with E-state index in [9.17, 15) is 13.2 Å². The number of hydrogen-bond acceptors (Lipinski definition) is 5. The molecule has 1 N–H and O–H groups in total. The highest BCUT2D eigenvalue weighted by molar-refractivity contribution is 7.92. The lowest BCUT2D eigenvalue weighted by Crippen LogP contribution is -2.49. The number of amides is 1. The van der Waals surface area contributed by atoms with Crippen LogP contribution >= 0.6 is 0 Å². The molecule has 1 aliphatic carbocycles. The van der Waals surface area contributed by atoms with Crippen molar-refractivity contribution >= 4 is 27.3 Å². The van der Waals surface area contributed by atoms with Gasteiger partial charge in [0.05, 0.1) is 24.1 Å². The van der Waals surface area contributed by atoms with Crippen LogP contribution in [-0.4, -0.2) is 38.8 Å². The van der Waals surface area contributed by atoms with Crippen molar-refractivity contribution in [2.45, 2.75) is 44.8 Å². The van der Waals surface area contributed by atoms with Crippen molar-refractivity contribution < 1.29 is 22.7 Å². The van der Waals surface area contributed by atoms with Crippen molar-refractivity contribution in [3.05, 3.63) is 48.5 Å². The first-order chi connectivity index (χ1) is 14.5. The Kier molecular flexibility index (Phi) is 5.85. The molecule has 0 bridgehead atoms. The van der Waals surface area contributed by atoms with Crippen LogP contribution in [0, 0.1) is 0 Å². The molecule has 0 saturated heterocycles. The lowest BCUT2D eigenvalue weighted by atomic mass is 10.2. The monoisotopic (exact) mass is 430 g/mol. The predicted octanol–water partition coefficient (Wildman–Crippen LogP) is 3.56. The average Bonchev–Trinajstić information content (AvgIpc) is 3.27. The summed E-state index contributed by atoms with van der Waals surface area (Å²) >= 11 is 0. The van der Waals surface area contributed by atoms with Gasteiger partial charge in [0.2, 0.25) is 10.0 Å². The van der Waals surface area contributed by atoms with Crippen molar-refractivity contribution in [2.24, 2.45) is 0 Å².